The van der Waals surface area contributed by atoms with Gasteiger partial charge >= 0.3 is 6.18 Å². The molecule has 0 atom stereocenters. The number of nitrogens with zero attached hydrogens (tertiary/aromatic N) is 4. The highest BCUT2D eigenvalue weighted by molar-refractivity contribution is 7.80. The number of ether oxygens (including phenoxy) is 2. The fourth-order valence-corrected chi connectivity index (χ4v) is 4.32. The monoisotopic (exact) mass is 530 g/mol. The number of thiocarbonyl (C=S) groups is 1. The van der Waals surface area contributed by atoms with Gasteiger partial charge in [0.1, 0.15) is 19.0 Å². The molecule has 1 aromatic heterocycles. The van der Waals surface area contributed by atoms with Crippen molar-refractivity contribution < 1.29 is 22.6 Å². The van der Waals surface area contributed by atoms with Gasteiger partial charge in [-0.05, 0) is 42.0 Å². The summed E-state index contributed by atoms with van der Waals surface area (Å²) in [5.74, 6) is 1.30. The quantitative estimate of drug-likeness (QED) is 0.475. The Morgan fingerprint density at radius 3 is 2.32 bits per heavy atom. The molecule has 5 rings (SSSR count). The van der Waals surface area contributed by atoms with Crippen LogP contribution in [-0.4, -0.2) is 54.5 Å². The van der Waals surface area contributed by atoms with Gasteiger partial charge in [-0.25, -0.2) is 4.98 Å². The van der Waals surface area contributed by atoms with Crippen molar-refractivity contribution in [1.82, 2.24) is 15.3 Å². The molecule has 0 unspecified atom stereocenters. The number of alkyl halides is 3. The number of fused-ring (bicyclic) bond motifs is 1. The van der Waals surface area contributed by atoms with Gasteiger partial charge < -0.3 is 29.9 Å². The minimum Gasteiger partial charge on any atom is -0.486 e. The van der Waals surface area contributed by atoms with Crippen LogP contribution in [0.4, 0.5) is 30.6 Å². The molecule has 2 aliphatic rings. The molecule has 0 radical (unpaired) electrons. The van der Waals surface area contributed by atoms with Crippen LogP contribution in [0.5, 0.6) is 11.5 Å². The summed E-state index contributed by atoms with van der Waals surface area (Å²) < 4.78 is 52.0. The van der Waals surface area contributed by atoms with Crippen molar-refractivity contribution in [2.45, 2.75) is 12.7 Å². The summed E-state index contributed by atoms with van der Waals surface area (Å²) in [6.07, 6.45) is -4.62. The molecule has 0 spiro atoms. The molecule has 2 aromatic carbocycles. The lowest BCUT2D eigenvalue weighted by Gasteiger charge is -2.37. The van der Waals surface area contributed by atoms with Crippen LogP contribution in [0.3, 0.4) is 0 Å². The first-order chi connectivity index (χ1) is 17.8. The second kappa shape index (κ2) is 10.7. The largest absolute Gasteiger partial charge is 0.486 e. The number of nitrogens with one attached hydrogen (secondary N) is 2. The molecule has 0 saturated carbocycles. The predicted octanol–water partition coefficient (Wildman–Crippen LogP) is 4.08. The Bertz CT molecular complexity index is 1250. The molecule has 3 heterocycles. The van der Waals surface area contributed by atoms with E-state index in [2.05, 4.69) is 25.5 Å². The highest BCUT2D eigenvalue weighted by Crippen LogP contribution is 2.32. The minimum absolute atomic E-state index is 0.106. The molecule has 0 amide bonds. The van der Waals surface area contributed by atoms with Crippen LogP contribution in [0, 0.1) is 0 Å². The van der Waals surface area contributed by atoms with Gasteiger partial charge in [-0.15, -0.1) is 0 Å². The van der Waals surface area contributed by atoms with E-state index in [-0.39, 0.29) is 16.9 Å². The van der Waals surface area contributed by atoms with Crippen molar-refractivity contribution in [1.29, 1.82) is 0 Å². The van der Waals surface area contributed by atoms with Crippen LogP contribution < -0.4 is 29.9 Å². The number of hydrogen-bond acceptors (Lipinski definition) is 7. The summed E-state index contributed by atoms with van der Waals surface area (Å²) in [5.41, 5.74) is 0.924. The highest BCUT2D eigenvalue weighted by Gasteiger charge is 2.34. The minimum atomic E-state index is -4.62. The summed E-state index contributed by atoms with van der Waals surface area (Å²) in [6, 6.07) is 16.4. The molecule has 1 saturated heterocycles. The Balaban J connectivity index is 1.25. The number of rotatable bonds is 5. The Morgan fingerprint density at radius 1 is 0.892 bits per heavy atom. The second-order valence-corrected chi connectivity index (χ2v) is 8.94. The average Bonchev–Trinajstić information content (AvgIpc) is 2.92. The Kier molecular flexibility index (Phi) is 7.17. The SMILES string of the molecule is FC(F)(F)c1cc(N2CCN(c3ccccc3)CC2)nc(NC(=S)NCc2ccc3c(c2)OCCO3)n1. The van der Waals surface area contributed by atoms with Crippen LogP contribution in [0.1, 0.15) is 11.3 Å². The summed E-state index contributed by atoms with van der Waals surface area (Å²) in [6.45, 7) is 3.67. The third kappa shape index (κ3) is 6.13. The van der Waals surface area contributed by atoms with Crippen molar-refractivity contribution in [2.24, 2.45) is 0 Å². The third-order valence-corrected chi connectivity index (χ3v) is 6.26. The Labute approximate surface area is 217 Å². The molecular weight excluding hydrogens is 505 g/mol. The van der Waals surface area contributed by atoms with Gasteiger partial charge in [-0.3, -0.25) is 0 Å². The van der Waals surface area contributed by atoms with E-state index in [1.54, 1.807) is 0 Å². The van der Waals surface area contributed by atoms with Crippen LogP contribution in [-0.2, 0) is 12.7 Å². The smallest absolute Gasteiger partial charge is 0.433 e. The van der Waals surface area contributed by atoms with Crippen molar-refractivity contribution in [3.63, 3.8) is 0 Å². The van der Waals surface area contributed by atoms with Crippen molar-refractivity contribution in [3.8, 4) is 11.5 Å². The fraction of sp³-hybridized carbons (Fsp3) is 0.320. The zero-order chi connectivity index (χ0) is 25.8. The molecule has 0 bridgehead atoms. The van der Waals surface area contributed by atoms with Gasteiger partial charge in [-0.1, -0.05) is 24.3 Å². The summed E-state index contributed by atoms with van der Waals surface area (Å²) in [7, 11) is 0. The maximum absolute atomic E-state index is 13.6. The number of anilines is 3. The topological polar surface area (TPSA) is 74.8 Å². The first kappa shape index (κ1) is 24.9. The van der Waals surface area contributed by atoms with Gasteiger partial charge in [0.15, 0.2) is 22.3 Å². The average molecular weight is 531 g/mol. The summed E-state index contributed by atoms with van der Waals surface area (Å²) in [4.78, 5) is 12.0. The van der Waals surface area contributed by atoms with Crippen molar-refractivity contribution >= 4 is 34.8 Å². The molecular formula is C25H25F3N6O2S. The maximum Gasteiger partial charge on any atom is 0.433 e. The van der Waals surface area contributed by atoms with Gasteiger partial charge in [-0.2, -0.15) is 18.2 Å². The number of benzene rings is 2. The standard InChI is InChI=1S/C25H25F3N6O2S/c26-25(27,28)21-15-22(34-10-8-33(9-11-34)18-4-2-1-3-5-18)31-23(30-21)32-24(37)29-16-17-6-7-19-20(14-17)36-13-12-35-19/h1-7,14-15H,8-13,16H2,(H2,29,30,31,32,37). The van der Waals surface area contributed by atoms with Gasteiger partial charge in [0.05, 0.1) is 0 Å². The van der Waals surface area contributed by atoms with Crippen LogP contribution >= 0.6 is 12.2 Å². The van der Waals surface area contributed by atoms with Crippen molar-refractivity contribution in [2.75, 3.05) is 54.5 Å². The first-order valence-corrected chi connectivity index (χ1v) is 12.2. The van der Waals surface area contributed by atoms with E-state index in [1.807, 2.05) is 53.4 Å². The van der Waals surface area contributed by atoms with E-state index in [0.717, 1.165) is 17.3 Å². The molecule has 0 aliphatic carbocycles. The van der Waals surface area contributed by atoms with Gasteiger partial charge in [0.25, 0.3) is 0 Å². The van der Waals surface area contributed by atoms with Gasteiger partial charge in [0.2, 0.25) is 5.95 Å². The lowest BCUT2D eigenvalue weighted by Crippen LogP contribution is -2.47. The molecule has 12 heteroatoms. The van der Waals surface area contributed by atoms with E-state index in [9.17, 15) is 13.2 Å². The zero-order valence-electron chi connectivity index (χ0n) is 19.8. The maximum atomic E-state index is 13.6. The number of aromatic nitrogens is 2. The molecule has 8 nitrogen and oxygen atoms in total. The number of halogens is 3. The van der Waals surface area contributed by atoms with E-state index in [4.69, 9.17) is 21.7 Å². The summed E-state index contributed by atoms with van der Waals surface area (Å²) in [5, 5.41) is 5.79. The molecule has 194 valence electrons. The summed E-state index contributed by atoms with van der Waals surface area (Å²) >= 11 is 5.30. The molecule has 37 heavy (non-hydrogen) atoms. The van der Waals surface area contributed by atoms with E-state index < -0.39 is 11.9 Å². The number of hydrogen-bond donors (Lipinski definition) is 2. The number of para-hydroxylation sites is 1. The molecule has 2 aliphatic heterocycles. The normalized spacial score (nSPS) is 15.3. The van der Waals surface area contributed by atoms with Crippen molar-refractivity contribution in [3.05, 3.63) is 65.9 Å². The first-order valence-electron chi connectivity index (χ1n) is 11.8. The van der Waals surface area contributed by atoms with Crippen LogP contribution in [0.15, 0.2) is 54.6 Å². The van der Waals surface area contributed by atoms with Crippen LogP contribution in [0.2, 0.25) is 0 Å². The fourth-order valence-electron chi connectivity index (χ4n) is 4.16. The molecule has 2 N–H and O–H groups in total. The number of piperazine rings is 1. The van der Waals surface area contributed by atoms with Gasteiger partial charge in [0, 0.05) is 44.5 Å². The zero-order valence-corrected chi connectivity index (χ0v) is 20.6. The van der Waals surface area contributed by atoms with Crippen LogP contribution in [0.25, 0.3) is 0 Å². The predicted molar refractivity (Wildman–Crippen MR) is 138 cm³/mol. The molecule has 3 aromatic rings. The Morgan fingerprint density at radius 2 is 1.59 bits per heavy atom. The highest BCUT2D eigenvalue weighted by atomic mass is 32.1. The lowest BCUT2D eigenvalue weighted by molar-refractivity contribution is -0.141. The Hall–Kier alpha value is -3.80. The van der Waals surface area contributed by atoms with E-state index in [1.165, 1.54) is 0 Å². The van der Waals surface area contributed by atoms with E-state index >= 15 is 0 Å². The van der Waals surface area contributed by atoms with E-state index in [0.29, 0.717) is 57.4 Å². The lowest BCUT2D eigenvalue weighted by atomic mass is 10.2. The third-order valence-electron chi connectivity index (χ3n) is 6.01. The second-order valence-electron chi connectivity index (χ2n) is 8.53. The molecule has 1 fully saturated rings.